The summed E-state index contributed by atoms with van der Waals surface area (Å²) in [6.07, 6.45) is 3.44. The van der Waals surface area contributed by atoms with E-state index in [2.05, 4.69) is 0 Å². The molecule has 0 aromatic heterocycles. The number of nitro benzene ring substituents is 1. The number of carbonyl (C=O) groups excluding carboxylic acids is 2. The van der Waals surface area contributed by atoms with E-state index in [1.54, 1.807) is 0 Å². The van der Waals surface area contributed by atoms with Gasteiger partial charge in [-0.3, -0.25) is 29.5 Å². The number of fused-ring (bicyclic) bond motifs is 1. The van der Waals surface area contributed by atoms with Crippen molar-refractivity contribution in [3.8, 4) is 5.75 Å². The van der Waals surface area contributed by atoms with Crippen molar-refractivity contribution >= 4 is 27.5 Å². The number of amides is 2. The van der Waals surface area contributed by atoms with Crippen molar-refractivity contribution in [3.63, 3.8) is 0 Å². The number of likely N-dealkylation sites (tertiary alicyclic amines) is 1. The lowest BCUT2D eigenvalue weighted by Crippen LogP contribution is -2.52. The summed E-state index contributed by atoms with van der Waals surface area (Å²) in [5.41, 5.74) is -0.417. The van der Waals surface area contributed by atoms with Gasteiger partial charge in [0.15, 0.2) is 5.75 Å². The van der Waals surface area contributed by atoms with E-state index < -0.39 is 20.6 Å². The maximum atomic E-state index is 13.0. The first-order chi connectivity index (χ1) is 15.2. The van der Waals surface area contributed by atoms with E-state index in [1.807, 2.05) is 4.90 Å². The first-order valence-corrected chi connectivity index (χ1v) is 12.1. The molecule has 2 unspecified atom stereocenters. The first kappa shape index (κ1) is 22.6. The SMILES string of the molecule is COc1ccc(S(=O)(=O)N2CCN(CN3C(=O)C4CCCCC4C3=O)CC2)cc1[N+](=O)[O-]. The average molecular weight is 467 g/mol. The number of piperazine rings is 1. The molecule has 32 heavy (non-hydrogen) atoms. The van der Waals surface area contributed by atoms with Gasteiger partial charge in [-0.25, -0.2) is 8.42 Å². The molecule has 0 bridgehead atoms. The highest BCUT2D eigenvalue weighted by molar-refractivity contribution is 7.89. The maximum absolute atomic E-state index is 13.0. The smallest absolute Gasteiger partial charge is 0.312 e. The number of rotatable bonds is 6. The van der Waals surface area contributed by atoms with E-state index in [0.717, 1.165) is 31.7 Å². The van der Waals surface area contributed by atoms with Gasteiger partial charge in [0.2, 0.25) is 21.8 Å². The molecule has 3 aliphatic rings. The van der Waals surface area contributed by atoms with Gasteiger partial charge in [0.1, 0.15) is 0 Å². The Kier molecular flexibility index (Phi) is 6.19. The second-order valence-electron chi connectivity index (χ2n) is 8.36. The fraction of sp³-hybridized carbons (Fsp3) is 0.600. The molecule has 4 rings (SSSR count). The number of hydrogen-bond acceptors (Lipinski definition) is 8. The van der Waals surface area contributed by atoms with Crippen molar-refractivity contribution in [2.45, 2.75) is 30.6 Å². The van der Waals surface area contributed by atoms with Gasteiger partial charge in [-0.1, -0.05) is 12.8 Å². The lowest BCUT2D eigenvalue weighted by molar-refractivity contribution is -0.386. The Bertz CT molecular complexity index is 1010. The Morgan fingerprint density at radius 3 is 2.19 bits per heavy atom. The van der Waals surface area contributed by atoms with Crippen LogP contribution >= 0.6 is 0 Å². The van der Waals surface area contributed by atoms with Crippen LogP contribution in [0.15, 0.2) is 23.1 Å². The Morgan fingerprint density at radius 1 is 1.06 bits per heavy atom. The molecule has 1 aliphatic carbocycles. The lowest BCUT2D eigenvalue weighted by atomic mass is 9.81. The van der Waals surface area contributed by atoms with Gasteiger partial charge in [0.05, 0.1) is 35.4 Å². The van der Waals surface area contributed by atoms with Crippen LogP contribution < -0.4 is 4.74 Å². The molecule has 12 heteroatoms. The van der Waals surface area contributed by atoms with Crippen LogP contribution in [0, 0.1) is 22.0 Å². The Labute approximate surface area is 186 Å². The third-order valence-corrected chi connectivity index (χ3v) is 8.48. The molecule has 11 nitrogen and oxygen atoms in total. The van der Waals surface area contributed by atoms with Crippen molar-refractivity contribution in [2.24, 2.45) is 11.8 Å². The topological polar surface area (TPSA) is 130 Å². The number of benzene rings is 1. The molecule has 2 heterocycles. The zero-order chi connectivity index (χ0) is 23.0. The molecule has 0 spiro atoms. The van der Waals surface area contributed by atoms with Crippen molar-refractivity contribution < 1.29 is 27.7 Å². The zero-order valence-corrected chi connectivity index (χ0v) is 18.6. The van der Waals surface area contributed by atoms with E-state index in [9.17, 15) is 28.1 Å². The molecule has 2 saturated heterocycles. The third-order valence-electron chi connectivity index (χ3n) is 6.59. The minimum absolute atomic E-state index is 0.0146. The molecule has 1 aromatic carbocycles. The normalized spacial score (nSPS) is 25.1. The Hall–Kier alpha value is -2.57. The summed E-state index contributed by atoms with van der Waals surface area (Å²) in [6.45, 7) is 1.19. The second-order valence-corrected chi connectivity index (χ2v) is 10.3. The van der Waals surface area contributed by atoms with Gasteiger partial charge in [0, 0.05) is 32.2 Å². The summed E-state index contributed by atoms with van der Waals surface area (Å²) in [5.74, 6) is -0.646. The van der Waals surface area contributed by atoms with Gasteiger partial charge >= 0.3 is 5.69 Å². The number of nitro groups is 1. The minimum Gasteiger partial charge on any atom is -0.490 e. The second kappa shape index (κ2) is 8.75. The first-order valence-electron chi connectivity index (χ1n) is 10.6. The van der Waals surface area contributed by atoms with Gasteiger partial charge in [-0.05, 0) is 25.0 Å². The summed E-state index contributed by atoms with van der Waals surface area (Å²) < 4.78 is 32.2. The number of ether oxygens (including phenoxy) is 1. The fourth-order valence-electron chi connectivity index (χ4n) is 4.80. The van der Waals surface area contributed by atoms with Crippen LogP contribution in [0.5, 0.6) is 5.75 Å². The number of hydrogen-bond donors (Lipinski definition) is 0. The van der Waals surface area contributed by atoms with Gasteiger partial charge < -0.3 is 4.74 Å². The van der Waals surface area contributed by atoms with Gasteiger partial charge in [-0.2, -0.15) is 4.31 Å². The number of nitrogens with zero attached hydrogens (tertiary/aromatic N) is 4. The van der Waals surface area contributed by atoms with Crippen LogP contribution in [-0.2, 0) is 19.6 Å². The van der Waals surface area contributed by atoms with E-state index >= 15 is 0 Å². The van der Waals surface area contributed by atoms with E-state index in [1.165, 1.54) is 28.4 Å². The summed E-state index contributed by atoms with van der Waals surface area (Å²) in [7, 11) is -2.65. The molecule has 0 N–H and O–H groups in total. The molecular formula is C20H26N4O7S. The predicted molar refractivity (Wildman–Crippen MR) is 112 cm³/mol. The van der Waals surface area contributed by atoms with Gasteiger partial charge in [0.25, 0.3) is 0 Å². The zero-order valence-electron chi connectivity index (χ0n) is 17.8. The monoisotopic (exact) mass is 466 g/mol. The third kappa shape index (κ3) is 3.97. The molecule has 2 atom stereocenters. The molecule has 1 saturated carbocycles. The highest BCUT2D eigenvalue weighted by Crippen LogP contribution is 2.38. The fourth-order valence-corrected chi connectivity index (χ4v) is 6.25. The van der Waals surface area contributed by atoms with Gasteiger partial charge in [-0.15, -0.1) is 0 Å². The molecule has 3 fully saturated rings. The van der Waals surface area contributed by atoms with E-state index in [-0.39, 0.29) is 54.1 Å². The number of carbonyl (C=O) groups is 2. The summed E-state index contributed by atoms with van der Waals surface area (Å²) in [4.78, 5) is 39.0. The van der Waals surface area contributed by atoms with Crippen LogP contribution in [0.4, 0.5) is 5.69 Å². The summed E-state index contributed by atoms with van der Waals surface area (Å²) in [6, 6.07) is 3.56. The highest BCUT2D eigenvalue weighted by atomic mass is 32.2. The average Bonchev–Trinajstić information content (AvgIpc) is 3.04. The minimum atomic E-state index is -3.93. The molecule has 1 aromatic rings. The number of sulfonamides is 1. The highest BCUT2D eigenvalue weighted by Gasteiger charge is 2.48. The van der Waals surface area contributed by atoms with E-state index in [4.69, 9.17) is 4.74 Å². The lowest BCUT2D eigenvalue weighted by Gasteiger charge is -2.35. The maximum Gasteiger partial charge on any atom is 0.312 e. The molecule has 2 amide bonds. The number of imide groups is 1. The molecule has 174 valence electrons. The molecular weight excluding hydrogens is 440 g/mol. The van der Waals surface area contributed by atoms with Crippen molar-refractivity contribution in [3.05, 3.63) is 28.3 Å². The van der Waals surface area contributed by atoms with Crippen LogP contribution in [0.2, 0.25) is 0 Å². The molecule has 0 radical (unpaired) electrons. The Balaban J connectivity index is 1.41. The van der Waals surface area contributed by atoms with Crippen molar-refractivity contribution in [2.75, 3.05) is 40.0 Å². The molecule has 2 aliphatic heterocycles. The largest absolute Gasteiger partial charge is 0.490 e. The van der Waals surface area contributed by atoms with Crippen molar-refractivity contribution in [1.82, 2.24) is 14.1 Å². The Morgan fingerprint density at radius 2 is 1.66 bits per heavy atom. The van der Waals surface area contributed by atoms with Crippen LogP contribution in [-0.4, -0.2) is 79.2 Å². The van der Waals surface area contributed by atoms with Crippen LogP contribution in [0.3, 0.4) is 0 Å². The van der Waals surface area contributed by atoms with Crippen molar-refractivity contribution in [1.29, 1.82) is 0 Å². The predicted octanol–water partition coefficient (Wildman–Crippen LogP) is 1.04. The quantitative estimate of drug-likeness (QED) is 0.345. The summed E-state index contributed by atoms with van der Waals surface area (Å²) >= 11 is 0. The summed E-state index contributed by atoms with van der Waals surface area (Å²) in [5, 5.41) is 11.2. The standard InChI is InChI=1S/C20H26N4O7S/c1-31-18-7-6-14(12-17(18)24(27)28)32(29,30)22-10-8-21(9-11-22)13-23-19(25)15-4-2-3-5-16(15)20(23)26/h6-7,12,15-16H,2-5,8-11,13H2,1H3. The number of methoxy groups -OCH3 is 1. The van der Waals surface area contributed by atoms with E-state index in [0.29, 0.717) is 13.1 Å². The van der Waals surface area contributed by atoms with Crippen LogP contribution in [0.1, 0.15) is 25.7 Å². The van der Waals surface area contributed by atoms with Crippen LogP contribution in [0.25, 0.3) is 0 Å².